The Morgan fingerprint density at radius 3 is 1.48 bits per heavy atom. The van der Waals surface area contributed by atoms with Gasteiger partial charge in [0.25, 0.3) is 0 Å². The van der Waals surface area contributed by atoms with Crippen LogP contribution >= 0.6 is 58.0 Å². The van der Waals surface area contributed by atoms with E-state index in [0.717, 1.165) is 41.8 Å². The number of ketones is 1. The largest absolute Gasteiger partial charge is 1.00 e. The number of aliphatic hydroxyl groups excluding tert-OH is 1. The van der Waals surface area contributed by atoms with Gasteiger partial charge in [0.15, 0.2) is 11.6 Å². The molecule has 25 nitrogen and oxygen atoms in total. The molecule has 143 heavy (non-hydrogen) atoms. The maximum Gasteiger partial charge on any atom is 1.00 e. The molecule has 4 amide bonds. The van der Waals surface area contributed by atoms with Crippen LogP contribution in [0.15, 0.2) is 132 Å². The summed E-state index contributed by atoms with van der Waals surface area (Å²) >= 11 is 27.1. The molecular formula is C111H173BCl5N14NaO11. The summed E-state index contributed by atoms with van der Waals surface area (Å²) in [5, 5.41) is 40.9. The van der Waals surface area contributed by atoms with E-state index in [2.05, 4.69) is 56.5 Å². The monoisotopic (exact) mass is 2170 g/mol. The van der Waals surface area contributed by atoms with E-state index in [-0.39, 0.29) is 140 Å². The quantitative estimate of drug-likeness (QED) is 0.00545. The normalized spacial score (nSPS) is 37.9. The van der Waals surface area contributed by atoms with Gasteiger partial charge in [0.1, 0.15) is 18.7 Å². The summed E-state index contributed by atoms with van der Waals surface area (Å²) in [6.07, 6.45) is -116. The maximum atomic E-state index is 13.2. The first-order chi connectivity index (χ1) is 100.0. The molecule has 792 valence electrons. The summed E-state index contributed by atoms with van der Waals surface area (Å²) in [5.74, 6) is -1.99. The van der Waals surface area contributed by atoms with E-state index >= 15 is 0 Å². The van der Waals surface area contributed by atoms with E-state index in [9.17, 15) is 33.6 Å². The molecule has 0 unspecified atom stereocenters. The number of unbranched alkanes of at least 4 members (excludes halogenated alkanes) is 5. The molecule has 16 rings (SSSR count). The van der Waals surface area contributed by atoms with Crippen molar-refractivity contribution >= 4 is 124 Å². The van der Waals surface area contributed by atoms with E-state index in [1.165, 1.54) is 14.0 Å². The third-order valence-corrected chi connectivity index (χ3v) is 19.2. The van der Waals surface area contributed by atoms with Gasteiger partial charge >= 0.3 is 35.5 Å². The third kappa shape index (κ3) is 58.3. The van der Waals surface area contributed by atoms with E-state index in [0.29, 0.717) is 119 Å². The van der Waals surface area contributed by atoms with Crippen molar-refractivity contribution in [3.05, 3.63) is 167 Å². The summed E-state index contributed by atoms with van der Waals surface area (Å²) in [5.41, 5.74) is 4.01. The van der Waals surface area contributed by atoms with Gasteiger partial charge in [0.05, 0.1) is 37.3 Å². The Labute approximate surface area is 1020 Å². The fraction of sp³-hybridized carbons (Fsp3) is 0.640. The molecule has 4 heterocycles. The smallest absolute Gasteiger partial charge is 0.508 e. The minimum absolute atomic E-state index is 0. The van der Waals surface area contributed by atoms with Crippen molar-refractivity contribution in [1.82, 2.24) is 55.9 Å². The number of alkyl halides is 4. The van der Waals surface area contributed by atoms with E-state index < -0.39 is 298 Å². The van der Waals surface area contributed by atoms with E-state index in [1.807, 2.05) is 6.07 Å². The molecule has 0 spiro atoms. The van der Waals surface area contributed by atoms with Crippen LogP contribution in [0.5, 0.6) is 11.5 Å². The zero-order valence-corrected chi connectivity index (χ0v) is 84.6. The zero-order valence-electron chi connectivity index (χ0n) is 160. The first-order valence-electron chi connectivity index (χ1n) is 84.5. The number of Topliss-reactive ketones (excluding diaryl/α,β-unsaturated/α-hetero) is 1. The first kappa shape index (κ1) is 51.0. The number of halogens is 5. The predicted molar refractivity (Wildman–Crippen MR) is 587 cm³/mol. The minimum Gasteiger partial charge on any atom is -0.508 e. The van der Waals surface area contributed by atoms with Gasteiger partial charge in [-0.3, -0.25) is 38.6 Å². The van der Waals surface area contributed by atoms with Gasteiger partial charge in [0.2, 0.25) is 30.3 Å². The van der Waals surface area contributed by atoms with Gasteiger partial charge < -0.3 is 45.8 Å². The molecule has 7 aromatic rings. The second kappa shape index (κ2) is 82.6. The Hall–Kier alpha value is -7.37. The topological polar surface area (TPSA) is 329 Å². The van der Waals surface area contributed by atoms with Crippen LogP contribution in [0.2, 0.25) is 1.41 Å². The number of phenolic OH excluding ortho intramolecular Hbond substituents is 1. The van der Waals surface area contributed by atoms with Gasteiger partial charge in [-0.2, -0.15) is 0 Å². The number of carbonyl (C=O) groups excluding carboxylic acids is 7. The predicted octanol–water partition coefficient (Wildman–Crippen LogP) is 21.4. The average molecular weight is 2170 g/mol. The number of hydrogen-bond acceptors (Lipinski definition) is 19. The minimum atomic E-state index is -3.65. The molecular weight excluding hydrogens is 1920 g/mol. The number of anilines is 2. The molecule has 5 aromatic carbocycles. The van der Waals surface area contributed by atoms with Crippen molar-refractivity contribution in [2.45, 2.75) is 409 Å². The third-order valence-electron chi connectivity index (χ3n) is 17.9. The SMILES string of the molecule is CCOC(C)=O.O=C(Cl)CCCCCl.O=C1CCc2cc(O)ccc2N1.[2H]C1([2H])C(=NCc2ccccc2)C([2H])([2H])C([2H])([2H])C([2H])([2H])C1([2H])[2H].[2H]C1([2H])C(=O)C([2H])([2H])C([2H])([2H])C([2H])([2H])C1([2H])[2H].[2H]C1([2H])C([2H])([2H])C([2H])([2H])C([2H])(N(Cc2ccccc2)C(=O)CCCCCl)C([2H])([2H])C1([2H])[2H].[2H]C1([2H])C([2H])([2H])C([2H])([2H])C([2H])(NC(=O)CCCCCl)C([2H])([2H])C1([2H])[2H].[2H]C1([2H])C([2H])([2H])C([2H])([2H])C([2H])(n2nnnc2CCCCCl)C([2H])([2H])C1([2H])[2H].[2H]C1([2H])C([2H])([2H])C([2H])([2H])C([2H])(n2nnnc2CCCCOc2ccc3c(c2)CCC(=O)N3)C([2H])([2H])C1([2H])[2H].[2H]N(Cc1ccccc1)C1([2H])C([2H])([2H])C([2H])([2H])C([2H])([2H])C([2H])([2H])C1([2H])[2H].[2H]OC.[2H][B-]([2H])([2H])[2H].[HH].[Na+]. The Morgan fingerprint density at radius 1 is 0.552 bits per heavy atom. The van der Waals surface area contributed by atoms with E-state index in [1.54, 1.807) is 134 Å². The molecule has 7 saturated carbocycles. The van der Waals surface area contributed by atoms with Gasteiger partial charge in [-0.1, -0.05) is 208 Å². The molecule has 2 aliphatic heterocycles. The van der Waals surface area contributed by atoms with Gasteiger partial charge in [-0.05, 0) is 283 Å². The number of aliphatic hydroxyl groups is 1. The molecule has 0 atom stereocenters. The average Bonchev–Trinajstić information content (AvgIpc) is 1.62. The molecule has 2 aromatic heterocycles. The standard InChI is InChI=1S/C20H27N5O2.C18H26ClNO.C13H19N.C13H17N.C11H19ClN4.C11H20ClNO.C9H9NO2.C6H10O.C5H8Cl2O.C4H8O2.CH4O.BH4.Na.H2/c26-20-12-9-15-14-17(10-11-18(15)21-20)27-13-5-4-8-19-22-23-24-25(19)16-6-2-1-3-7-16;19-14-8-7-13-18(21)20(17-11-5-2-6-12-17)15-16-9-3-1-4-10-16;2*1-3-7-12(8-4-1)11-14-13-9-5-2-6-10-13;12-9-5-4-8-11-13-14-15-16(11)10-6-2-1-3-7-10;12-9-5-4-8-11(14)13-10-6-2-1-3-7-10;11-7-2-3-8-6(5-7)1-4-9(12)10-8;7-6-4-2-1-3-5-6;6-4-2-1-3-5(7)8;1-3-6-4(2)5;1-2;;;/h10-11,14,16H,1-9,12-13H2,(H,21,26);1,3-4,9-10,17H,2,5-8,11-15H2;1,3-4,7-8,13-14H,2,5-6,9-11H2;1,3-4,7-8H,2,5-6,9-11H2;10H,1-9H2;10H,1-9H2,(H,13,14);2-3,5,11H,1,4H2,(H,10,12);1-5H2;1-4H2;3H2,1-2H3;2H,1H3;1H4;;1H/q;;;;;;;;;;;-1;+1;/i1D2,2D2,3D2,6D2,7D2,16D;2D2,5D2,6D2,11D2,12D2,17D;2D2,5D2,6D2,9D2,10D2,13D;2D2,5D2,6D2,9D2,10D2;2*1D2,2D2,3D2,6D2,7D2,10D;;1D2,2D2,3D2,4D2,5D2;;;2D;1D4;;/hD. The maximum absolute atomic E-state index is 13.2. The van der Waals surface area contributed by atoms with Crippen LogP contribution in [-0.2, 0) is 83.6 Å². The number of aromatic hydroxyl groups is 1. The van der Waals surface area contributed by atoms with E-state index in [4.69, 9.17) is 179 Å². The number of nitrogens with one attached hydrogen (secondary N) is 4. The van der Waals surface area contributed by atoms with Crippen molar-refractivity contribution in [3.63, 3.8) is 0 Å². The number of aryl methyl sites for hydroxylation is 4. The molecule has 0 saturated heterocycles. The second-order valence-electron chi connectivity index (χ2n) is 28.4. The summed E-state index contributed by atoms with van der Waals surface area (Å²) in [4.78, 5) is 83.3. The number of benzene rings is 5. The van der Waals surface area contributed by atoms with Gasteiger partial charge in [-0.25, -0.2) is 14.7 Å². The number of rotatable bonds is 34. The number of hydrogen-bond donors (Lipinski definition) is 6. The number of carbonyl (C=O) groups is 7. The number of amides is 4. The number of aliphatic imine (C=N–C) groups is 1. The molecule has 32 heteroatoms. The van der Waals surface area contributed by atoms with Crippen LogP contribution < -0.4 is 55.6 Å². The summed E-state index contributed by atoms with van der Waals surface area (Å²) < 4.78 is 644. The molecule has 6 N–H and O–H groups in total. The van der Waals surface area contributed by atoms with Gasteiger partial charge in [-0.15, -0.1) is 56.6 Å². The summed E-state index contributed by atoms with van der Waals surface area (Å²) in [6, 6.07) is 17.9. The first-order valence-corrected chi connectivity index (χ1v) is 46.4. The number of aromatic nitrogens is 8. The van der Waals surface area contributed by atoms with Crippen LogP contribution in [0, 0.1) is 0 Å². The van der Waals surface area contributed by atoms with Crippen LogP contribution in [0.3, 0.4) is 0 Å². The van der Waals surface area contributed by atoms with Crippen LogP contribution in [0.25, 0.3) is 0 Å². The number of phenols is 1. The molecule has 0 radical (unpaired) electrons. The second-order valence-corrected chi connectivity index (χ2v) is 30.3. The van der Waals surface area contributed by atoms with Crippen molar-refractivity contribution in [1.29, 1.82) is 6.77 Å². The number of ether oxygens (including phenoxy) is 2. The summed E-state index contributed by atoms with van der Waals surface area (Å²) in [6.45, 7) is 2.80. The number of fused-ring (bicyclic) bond motifs is 2. The number of nitrogens with zero attached hydrogens (tertiary/aromatic N) is 10. The fourth-order valence-electron chi connectivity index (χ4n) is 11.3. The van der Waals surface area contributed by atoms with Crippen molar-refractivity contribution < 1.29 is 188 Å². The number of esters is 1. The van der Waals surface area contributed by atoms with Crippen molar-refractivity contribution in [2.24, 2.45) is 4.99 Å². The summed E-state index contributed by atoms with van der Waals surface area (Å²) in [7, 11) is -1.71. The van der Waals surface area contributed by atoms with Crippen LogP contribution in [-0.4, -0.2) is 179 Å². The van der Waals surface area contributed by atoms with Crippen LogP contribution in [0.4, 0.5) is 11.4 Å². The Kier molecular flexibility index (Phi) is 29.4. The van der Waals surface area contributed by atoms with Gasteiger partial charge in [0, 0.05) is 242 Å². The van der Waals surface area contributed by atoms with Crippen molar-refractivity contribution in [3.8, 4) is 11.5 Å². The van der Waals surface area contributed by atoms with Crippen LogP contribution in [0.1, 0.15) is 489 Å². The van der Waals surface area contributed by atoms with Crippen molar-refractivity contribution in [2.75, 3.05) is 54.5 Å². The molecule has 9 aliphatic rings. The Morgan fingerprint density at radius 2 is 0.986 bits per heavy atom. The Bertz CT molecular complexity index is 8370. The fourth-order valence-corrected chi connectivity index (χ4v) is 12.2. The zero-order chi connectivity index (χ0) is 175. The molecule has 0 bridgehead atoms. The Balaban J connectivity index is 0.000000648. The number of tetrazole rings is 2. The molecule has 7 aliphatic carbocycles. The molecule has 7 fully saturated rings.